The number of nitrogens with zero attached hydrogens (tertiary/aromatic N) is 1. The third-order valence-electron chi connectivity index (χ3n) is 1.55. The van der Waals surface area contributed by atoms with E-state index in [2.05, 4.69) is 11.1 Å². The number of phenols is 1. The summed E-state index contributed by atoms with van der Waals surface area (Å²) >= 11 is 0. The molecule has 2 aromatic rings. The van der Waals surface area contributed by atoms with Gasteiger partial charge in [-0.3, -0.25) is 4.98 Å². The first-order chi connectivity index (χ1) is 5.38. The van der Waals surface area contributed by atoms with Crippen LogP contribution in [0.25, 0.3) is 10.9 Å². The van der Waals surface area contributed by atoms with Crippen molar-refractivity contribution in [1.82, 2.24) is 4.98 Å². The van der Waals surface area contributed by atoms with Crippen LogP contribution in [0, 0.1) is 6.07 Å². The number of phenolic OH excluding ortho intramolecular Hbond substituents is 1. The van der Waals surface area contributed by atoms with Gasteiger partial charge in [0.25, 0.3) is 0 Å². The van der Waals surface area contributed by atoms with Crippen molar-refractivity contribution in [2.24, 2.45) is 0 Å². The molecule has 11 heavy (non-hydrogen) atoms. The minimum absolute atomic E-state index is 0.219. The van der Waals surface area contributed by atoms with E-state index in [9.17, 15) is 5.11 Å². The highest BCUT2D eigenvalue weighted by molar-refractivity contribution is 5.83. The largest absolute Gasteiger partial charge is 0.506 e. The SMILES string of the molecule is Oc1cccc2c[c]cnc12. The normalized spacial score (nSPS) is 10.2. The van der Waals surface area contributed by atoms with E-state index in [1.54, 1.807) is 24.4 Å². The first kappa shape index (κ1) is 6.16. The van der Waals surface area contributed by atoms with E-state index in [4.69, 9.17) is 0 Å². The molecule has 53 valence electrons. The van der Waals surface area contributed by atoms with Crippen LogP contribution in [0.3, 0.4) is 0 Å². The molecule has 0 saturated carbocycles. The lowest BCUT2D eigenvalue weighted by Crippen LogP contribution is -1.76. The molecule has 0 amide bonds. The second-order valence-corrected chi connectivity index (χ2v) is 2.28. The van der Waals surface area contributed by atoms with Gasteiger partial charge in [-0.1, -0.05) is 12.1 Å². The zero-order valence-corrected chi connectivity index (χ0v) is 5.78. The predicted molar refractivity (Wildman–Crippen MR) is 42.2 cm³/mol. The Morgan fingerprint density at radius 2 is 2.27 bits per heavy atom. The monoisotopic (exact) mass is 144 g/mol. The Labute approximate surface area is 64.1 Å². The molecular weight excluding hydrogens is 138 g/mol. The first-order valence-corrected chi connectivity index (χ1v) is 3.32. The number of para-hydroxylation sites is 1. The fraction of sp³-hybridized carbons (Fsp3) is 0. The molecule has 1 aromatic heterocycles. The lowest BCUT2D eigenvalue weighted by atomic mass is 10.2. The van der Waals surface area contributed by atoms with E-state index in [0.717, 1.165) is 5.39 Å². The van der Waals surface area contributed by atoms with Crippen LogP contribution in [0.2, 0.25) is 0 Å². The molecule has 0 bridgehead atoms. The number of hydrogen-bond acceptors (Lipinski definition) is 2. The van der Waals surface area contributed by atoms with E-state index in [0.29, 0.717) is 5.52 Å². The number of pyridine rings is 1. The fourth-order valence-corrected chi connectivity index (χ4v) is 1.03. The smallest absolute Gasteiger partial charge is 0.141 e. The standard InChI is InChI=1S/C9H6NO/c11-8-5-1-3-7-4-2-6-10-9(7)8/h1,3-6,11H. The maximum absolute atomic E-state index is 9.29. The molecule has 0 aliphatic rings. The Morgan fingerprint density at radius 3 is 3.09 bits per heavy atom. The minimum atomic E-state index is 0.219. The minimum Gasteiger partial charge on any atom is -0.506 e. The lowest BCUT2D eigenvalue weighted by molar-refractivity contribution is 0.480. The van der Waals surface area contributed by atoms with Crippen LogP contribution in [0.15, 0.2) is 30.5 Å². The summed E-state index contributed by atoms with van der Waals surface area (Å²) in [4.78, 5) is 3.98. The van der Waals surface area contributed by atoms with E-state index in [1.165, 1.54) is 0 Å². The lowest BCUT2D eigenvalue weighted by Gasteiger charge is -1.96. The molecule has 2 rings (SSSR count). The fourth-order valence-electron chi connectivity index (χ4n) is 1.03. The quantitative estimate of drug-likeness (QED) is 0.611. The zero-order valence-electron chi connectivity index (χ0n) is 5.78. The Kier molecular flexibility index (Phi) is 1.25. The highest BCUT2D eigenvalue weighted by Gasteiger charge is 1.96. The van der Waals surface area contributed by atoms with E-state index in [1.807, 2.05) is 6.07 Å². The predicted octanol–water partition coefficient (Wildman–Crippen LogP) is 1.74. The van der Waals surface area contributed by atoms with Gasteiger partial charge in [0.05, 0.1) is 0 Å². The summed E-state index contributed by atoms with van der Waals surface area (Å²) in [6, 6.07) is 9.93. The molecule has 2 nitrogen and oxygen atoms in total. The summed E-state index contributed by atoms with van der Waals surface area (Å²) in [5.41, 5.74) is 0.631. The van der Waals surface area contributed by atoms with Crippen LogP contribution in [-0.2, 0) is 0 Å². The Bertz CT molecular complexity index is 379. The molecule has 0 fully saturated rings. The number of aromatic nitrogens is 1. The van der Waals surface area contributed by atoms with Crippen LogP contribution >= 0.6 is 0 Å². The highest BCUT2D eigenvalue weighted by atomic mass is 16.3. The van der Waals surface area contributed by atoms with Gasteiger partial charge in [-0.2, -0.15) is 0 Å². The van der Waals surface area contributed by atoms with Crippen molar-refractivity contribution in [3.63, 3.8) is 0 Å². The van der Waals surface area contributed by atoms with Crippen molar-refractivity contribution in [3.05, 3.63) is 36.5 Å². The summed E-state index contributed by atoms with van der Waals surface area (Å²) in [5, 5.41) is 10.2. The first-order valence-electron chi connectivity index (χ1n) is 3.32. The number of rotatable bonds is 0. The van der Waals surface area contributed by atoms with Gasteiger partial charge in [0, 0.05) is 17.6 Å². The van der Waals surface area contributed by atoms with Crippen LogP contribution in [0.5, 0.6) is 5.75 Å². The molecule has 0 aliphatic heterocycles. The Balaban J connectivity index is 2.91. The van der Waals surface area contributed by atoms with E-state index >= 15 is 0 Å². The molecule has 1 aromatic carbocycles. The van der Waals surface area contributed by atoms with Gasteiger partial charge in [-0.05, 0) is 12.1 Å². The average molecular weight is 144 g/mol. The van der Waals surface area contributed by atoms with E-state index < -0.39 is 0 Å². The second kappa shape index (κ2) is 2.23. The van der Waals surface area contributed by atoms with Gasteiger partial charge >= 0.3 is 0 Å². The van der Waals surface area contributed by atoms with Gasteiger partial charge < -0.3 is 5.11 Å². The molecule has 0 aliphatic carbocycles. The summed E-state index contributed by atoms with van der Waals surface area (Å²) in [7, 11) is 0. The van der Waals surface area contributed by atoms with Gasteiger partial charge in [-0.15, -0.1) is 0 Å². The summed E-state index contributed by atoms with van der Waals surface area (Å²) in [6.07, 6.45) is 1.54. The van der Waals surface area contributed by atoms with Crippen molar-refractivity contribution < 1.29 is 5.11 Å². The molecule has 1 radical (unpaired) electrons. The number of fused-ring (bicyclic) bond motifs is 1. The molecule has 2 heteroatoms. The average Bonchev–Trinajstić information content (AvgIpc) is 2.06. The summed E-state index contributed by atoms with van der Waals surface area (Å²) in [6.45, 7) is 0. The molecule has 0 saturated heterocycles. The summed E-state index contributed by atoms with van der Waals surface area (Å²) < 4.78 is 0. The van der Waals surface area contributed by atoms with Crippen LogP contribution in [0.4, 0.5) is 0 Å². The number of aromatic hydroxyl groups is 1. The van der Waals surface area contributed by atoms with Crippen molar-refractivity contribution >= 4 is 10.9 Å². The third-order valence-corrected chi connectivity index (χ3v) is 1.55. The maximum Gasteiger partial charge on any atom is 0.141 e. The molecule has 1 N–H and O–H groups in total. The van der Waals surface area contributed by atoms with Crippen molar-refractivity contribution in [2.75, 3.05) is 0 Å². The van der Waals surface area contributed by atoms with Crippen LogP contribution < -0.4 is 0 Å². The highest BCUT2D eigenvalue weighted by Crippen LogP contribution is 2.20. The van der Waals surface area contributed by atoms with E-state index in [-0.39, 0.29) is 5.75 Å². The molecule has 0 unspecified atom stereocenters. The number of benzene rings is 1. The number of hydrogen-bond donors (Lipinski definition) is 1. The van der Waals surface area contributed by atoms with Crippen molar-refractivity contribution in [3.8, 4) is 5.75 Å². The molecular formula is C9H6NO. The van der Waals surface area contributed by atoms with Gasteiger partial charge in [0.1, 0.15) is 11.3 Å². The van der Waals surface area contributed by atoms with Gasteiger partial charge in [0.2, 0.25) is 0 Å². The second-order valence-electron chi connectivity index (χ2n) is 2.28. The van der Waals surface area contributed by atoms with Crippen molar-refractivity contribution in [2.45, 2.75) is 0 Å². The van der Waals surface area contributed by atoms with Crippen LogP contribution in [0.1, 0.15) is 0 Å². The maximum atomic E-state index is 9.29. The molecule has 1 heterocycles. The Morgan fingerprint density at radius 1 is 1.36 bits per heavy atom. The summed E-state index contributed by atoms with van der Waals surface area (Å²) in [5.74, 6) is 0.219. The topological polar surface area (TPSA) is 33.1 Å². The molecule has 0 spiro atoms. The van der Waals surface area contributed by atoms with Gasteiger partial charge in [0.15, 0.2) is 0 Å². The van der Waals surface area contributed by atoms with Crippen molar-refractivity contribution in [1.29, 1.82) is 0 Å². The van der Waals surface area contributed by atoms with Crippen LogP contribution in [-0.4, -0.2) is 10.1 Å². The zero-order chi connectivity index (χ0) is 7.68. The third kappa shape index (κ3) is 0.923. The molecule has 0 atom stereocenters. The Hall–Kier alpha value is -1.57. The van der Waals surface area contributed by atoms with Gasteiger partial charge in [-0.25, -0.2) is 0 Å².